The van der Waals surface area contributed by atoms with E-state index in [0.29, 0.717) is 6.67 Å². The molecule has 1 rings (SSSR count). The van der Waals surface area contributed by atoms with Gasteiger partial charge in [-0.15, -0.1) is 9.06 Å². The van der Waals surface area contributed by atoms with Gasteiger partial charge in [0.2, 0.25) is 0 Å². The maximum Gasteiger partial charge on any atom is 0.114 e. The maximum atomic E-state index is 5.16. The molecule has 0 aliphatic carbocycles. The highest BCUT2D eigenvalue weighted by atomic mass is 35.5. The molecule has 1 aliphatic heterocycles. The molecule has 0 spiro atoms. The lowest BCUT2D eigenvalue weighted by atomic mass is 11.4. The molecule has 1 saturated heterocycles. The van der Waals surface area contributed by atoms with E-state index in [0.717, 1.165) is 0 Å². The second-order valence-corrected chi connectivity index (χ2v) is 1.59. The van der Waals surface area contributed by atoms with E-state index in [1.54, 1.807) is 0 Å². The number of halogens is 2. The molecule has 2 atom stereocenters. The van der Waals surface area contributed by atoms with Crippen LogP contribution in [0.3, 0.4) is 0 Å². The summed E-state index contributed by atoms with van der Waals surface area (Å²) in [5, 5.41) is 0. The average molecular weight is 113 g/mol. The first-order valence-corrected chi connectivity index (χ1v) is 1.85. The Kier molecular flexibility index (Phi) is 0.722. The summed E-state index contributed by atoms with van der Waals surface area (Å²) in [6.45, 7) is 0.670. The van der Waals surface area contributed by atoms with Crippen molar-refractivity contribution in [3.05, 3.63) is 0 Å². The highest BCUT2D eigenvalue weighted by Crippen LogP contribution is 2.19. The zero-order valence-electron chi connectivity index (χ0n) is 2.36. The first-order chi connectivity index (χ1) is 2.30. The Balaban J connectivity index is 2.20. The molecule has 0 aromatic rings. The molecule has 0 saturated carbocycles. The van der Waals surface area contributed by atoms with Gasteiger partial charge in [0.15, 0.2) is 0 Å². The number of nitrogens with zero attached hydrogens (tertiary/aromatic N) is 2. The van der Waals surface area contributed by atoms with Gasteiger partial charge in [-0.2, -0.15) is 0 Å². The predicted octanol–water partition coefficient (Wildman–Crippen LogP) is 0.784. The van der Waals surface area contributed by atoms with Crippen LogP contribution in [0.1, 0.15) is 0 Å². The van der Waals surface area contributed by atoms with E-state index in [9.17, 15) is 0 Å². The van der Waals surface area contributed by atoms with Crippen LogP contribution >= 0.6 is 23.6 Å². The molecule has 2 unspecified atom stereocenters. The van der Waals surface area contributed by atoms with Crippen molar-refractivity contribution >= 4 is 23.6 Å². The van der Waals surface area contributed by atoms with E-state index in [-0.39, 0.29) is 0 Å². The van der Waals surface area contributed by atoms with Crippen molar-refractivity contribution in [2.45, 2.75) is 0 Å². The Morgan fingerprint density at radius 3 is 1.40 bits per heavy atom. The molecule has 0 N–H and O–H groups in total. The second kappa shape index (κ2) is 0.980. The van der Waals surface area contributed by atoms with Crippen molar-refractivity contribution in [2.24, 2.45) is 0 Å². The van der Waals surface area contributed by atoms with Gasteiger partial charge in [-0.1, -0.05) is 0 Å². The van der Waals surface area contributed by atoms with Crippen molar-refractivity contribution in [1.29, 1.82) is 0 Å². The zero-order valence-corrected chi connectivity index (χ0v) is 3.87. The highest BCUT2D eigenvalue weighted by Gasteiger charge is 2.26. The van der Waals surface area contributed by atoms with Gasteiger partial charge in [-0.3, -0.25) is 0 Å². The van der Waals surface area contributed by atoms with Crippen LogP contribution < -0.4 is 0 Å². The van der Waals surface area contributed by atoms with E-state index in [4.69, 9.17) is 23.6 Å². The number of rotatable bonds is 0. The normalized spacial score (nSPS) is 49.2. The summed E-state index contributed by atoms with van der Waals surface area (Å²) in [5.41, 5.74) is 0. The molecule has 1 fully saturated rings. The summed E-state index contributed by atoms with van der Waals surface area (Å²) in [6.07, 6.45) is 0. The minimum atomic E-state index is 0.670. The lowest BCUT2D eigenvalue weighted by Crippen LogP contribution is -1.73. The number of hydrazine groups is 1. The third-order valence-electron chi connectivity index (χ3n) is 0.384. The molecule has 30 valence electrons. The van der Waals surface area contributed by atoms with Gasteiger partial charge in [0.1, 0.15) is 6.67 Å². The first-order valence-electron chi connectivity index (χ1n) is 1.17. The quantitative estimate of drug-likeness (QED) is 0.338. The van der Waals surface area contributed by atoms with Crippen LogP contribution in [0.15, 0.2) is 0 Å². The van der Waals surface area contributed by atoms with Crippen LogP contribution in [-0.4, -0.2) is 15.7 Å². The van der Waals surface area contributed by atoms with Crippen molar-refractivity contribution in [3.63, 3.8) is 0 Å². The molecule has 0 aromatic carbocycles. The summed E-state index contributed by atoms with van der Waals surface area (Å²) >= 11 is 10.3. The fraction of sp³-hybridized carbons (Fsp3) is 1.00. The largest absolute Gasteiger partial charge is 0.120 e. The molecule has 4 heteroatoms. The van der Waals surface area contributed by atoms with Crippen LogP contribution in [0.2, 0.25) is 0 Å². The van der Waals surface area contributed by atoms with Gasteiger partial charge >= 0.3 is 0 Å². The molecule has 0 radical (unpaired) electrons. The third-order valence-corrected chi connectivity index (χ3v) is 1.04. The molecule has 5 heavy (non-hydrogen) atoms. The third kappa shape index (κ3) is 0.666. The number of hydrogen-bond acceptors (Lipinski definition) is 2. The van der Waals surface area contributed by atoms with Crippen LogP contribution in [-0.2, 0) is 0 Å². The van der Waals surface area contributed by atoms with E-state index in [1.165, 1.54) is 9.06 Å². The van der Waals surface area contributed by atoms with Gasteiger partial charge in [0, 0.05) is 0 Å². The Morgan fingerprint density at radius 1 is 1.20 bits per heavy atom. The Morgan fingerprint density at radius 2 is 1.40 bits per heavy atom. The smallest absolute Gasteiger partial charge is 0.114 e. The van der Waals surface area contributed by atoms with Crippen LogP contribution in [0, 0.1) is 0 Å². The van der Waals surface area contributed by atoms with E-state index in [1.807, 2.05) is 0 Å². The summed E-state index contributed by atoms with van der Waals surface area (Å²) in [5.74, 6) is 0. The van der Waals surface area contributed by atoms with Crippen LogP contribution in [0.5, 0.6) is 0 Å². The van der Waals surface area contributed by atoms with Crippen molar-refractivity contribution < 1.29 is 0 Å². The molecular formula is CH2Cl2N2. The first kappa shape index (κ1) is 3.68. The van der Waals surface area contributed by atoms with E-state index >= 15 is 0 Å². The molecule has 1 heterocycles. The molecule has 2 nitrogen and oxygen atoms in total. The van der Waals surface area contributed by atoms with Gasteiger partial charge in [-0.05, 0) is 23.6 Å². The lowest BCUT2D eigenvalue weighted by molar-refractivity contribution is 0.647. The molecule has 0 amide bonds. The predicted molar refractivity (Wildman–Crippen MR) is 20.3 cm³/mol. The van der Waals surface area contributed by atoms with Gasteiger partial charge in [0.05, 0.1) is 0 Å². The number of hydrogen-bond donors (Lipinski definition) is 0. The molecular weight excluding hydrogens is 111 g/mol. The summed E-state index contributed by atoms with van der Waals surface area (Å²) in [7, 11) is 0. The van der Waals surface area contributed by atoms with Crippen molar-refractivity contribution in [3.8, 4) is 0 Å². The maximum absolute atomic E-state index is 5.16. The summed E-state index contributed by atoms with van der Waals surface area (Å²) in [6, 6.07) is 0. The summed E-state index contributed by atoms with van der Waals surface area (Å²) in [4.78, 5) is 0. The van der Waals surface area contributed by atoms with Crippen molar-refractivity contribution in [1.82, 2.24) is 9.06 Å². The average Bonchev–Trinajstić information content (AvgIpc) is 1.79. The zero-order chi connectivity index (χ0) is 3.86. The lowest BCUT2D eigenvalue weighted by Gasteiger charge is -1.71. The molecule has 0 aromatic heterocycles. The Hall–Kier alpha value is 0.500. The SMILES string of the molecule is ClN1CN1Cl. The minimum absolute atomic E-state index is 0.670. The fourth-order valence-corrected chi connectivity index (χ4v) is 0.325. The standard InChI is InChI=1S/CH2Cl2N2/c2-4-1-5(4)3/h1H2. The Labute approximate surface area is 40.1 Å². The van der Waals surface area contributed by atoms with Crippen LogP contribution in [0.4, 0.5) is 0 Å². The van der Waals surface area contributed by atoms with Crippen LogP contribution in [0.25, 0.3) is 0 Å². The van der Waals surface area contributed by atoms with Gasteiger partial charge in [-0.25, -0.2) is 0 Å². The topological polar surface area (TPSA) is 6.02 Å². The molecule has 0 bridgehead atoms. The monoisotopic (exact) mass is 112 g/mol. The minimum Gasteiger partial charge on any atom is -0.120 e. The fourth-order valence-electron chi connectivity index (χ4n) is 0.0680. The van der Waals surface area contributed by atoms with Crippen molar-refractivity contribution in [2.75, 3.05) is 6.67 Å². The molecule has 1 aliphatic rings. The van der Waals surface area contributed by atoms with Gasteiger partial charge < -0.3 is 0 Å². The Bertz CT molecular complexity index is 40.9. The summed E-state index contributed by atoms with van der Waals surface area (Å²) < 4.78 is 2.73. The van der Waals surface area contributed by atoms with Gasteiger partial charge in [0.25, 0.3) is 0 Å². The van der Waals surface area contributed by atoms with E-state index < -0.39 is 0 Å². The highest BCUT2D eigenvalue weighted by molar-refractivity contribution is 6.21. The second-order valence-electron chi connectivity index (χ2n) is 0.814. The van der Waals surface area contributed by atoms with E-state index in [2.05, 4.69) is 0 Å².